The molecule has 1 aromatic rings. The molecule has 0 saturated carbocycles. The number of allylic oxidation sites excluding steroid dienone is 1. The van der Waals surface area contributed by atoms with E-state index in [1.165, 1.54) is 5.01 Å². The lowest BCUT2D eigenvalue weighted by molar-refractivity contribution is 0.594. The molecule has 0 atom stereocenters. The number of aryl methyl sites for hydroxylation is 1. The minimum Gasteiger partial charge on any atom is -0.314 e. The van der Waals surface area contributed by atoms with Crippen LogP contribution in [0.3, 0.4) is 0 Å². The molecule has 1 rings (SSSR count). The maximum atomic E-state index is 4.41. The summed E-state index contributed by atoms with van der Waals surface area (Å²) < 4.78 is 0. The highest BCUT2D eigenvalue weighted by Crippen LogP contribution is 2.09. The Balaban J connectivity index is 2.12. The molecule has 0 bridgehead atoms. The van der Waals surface area contributed by atoms with Gasteiger partial charge < -0.3 is 5.32 Å². The predicted octanol–water partition coefficient (Wildman–Crippen LogP) is 2.94. The van der Waals surface area contributed by atoms with E-state index in [0.29, 0.717) is 6.04 Å². The summed E-state index contributed by atoms with van der Waals surface area (Å²) in [5.41, 5.74) is 1.13. The highest BCUT2D eigenvalue weighted by Gasteiger charge is 1.94. The Morgan fingerprint density at radius 3 is 2.87 bits per heavy atom. The molecular formula is C12H20N2S. The average Bonchev–Trinajstić information content (AvgIpc) is 2.57. The summed E-state index contributed by atoms with van der Waals surface area (Å²) in [5.74, 6) is 0. The number of nitrogens with zero attached hydrogens (tertiary/aromatic N) is 1. The second-order valence-corrected chi connectivity index (χ2v) is 4.90. The van der Waals surface area contributed by atoms with Gasteiger partial charge in [-0.25, -0.2) is 4.98 Å². The van der Waals surface area contributed by atoms with Gasteiger partial charge in [0.05, 0.1) is 5.01 Å². The van der Waals surface area contributed by atoms with Gasteiger partial charge in [0.25, 0.3) is 0 Å². The molecule has 0 aromatic carbocycles. The lowest BCUT2D eigenvalue weighted by Crippen LogP contribution is -2.23. The molecule has 0 saturated heterocycles. The standard InChI is InChI=1S/C12H20N2S/c1-10(2)13-8-6-4-5-7-12-14-11(3)9-15-12/h4-5,9-10,13H,6-8H2,1-3H3. The summed E-state index contributed by atoms with van der Waals surface area (Å²) >= 11 is 1.74. The molecule has 0 aliphatic rings. The lowest BCUT2D eigenvalue weighted by atomic mass is 10.3. The first-order valence-electron chi connectivity index (χ1n) is 5.48. The van der Waals surface area contributed by atoms with Gasteiger partial charge in [-0.2, -0.15) is 0 Å². The summed E-state index contributed by atoms with van der Waals surface area (Å²) in [6, 6.07) is 0.583. The van der Waals surface area contributed by atoms with Crippen LogP contribution in [0.4, 0.5) is 0 Å². The topological polar surface area (TPSA) is 24.9 Å². The summed E-state index contributed by atoms with van der Waals surface area (Å²) in [4.78, 5) is 4.41. The van der Waals surface area contributed by atoms with Gasteiger partial charge in [-0.15, -0.1) is 11.3 Å². The van der Waals surface area contributed by atoms with Crippen LogP contribution in [0.1, 0.15) is 31.0 Å². The largest absolute Gasteiger partial charge is 0.314 e. The Hall–Kier alpha value is -0.670. The van der Waals surface area contributed by atoms with Crippen LogP contribution in [0.15, 0.2) is 17.5 Å². The van der Waals surface area contributed by atoms with Crippen molar-refractivity contribution in [3.8, 4) is 0 Å². The summed E-state index contributed by atoms with van der Waals surface area (Å²) in [5, 5.41) is 6.69. The summed E-state index contributed by atoms with van der Waals surface area (Å²) in [6.07, 6.45) is 6.51. The molecule has 0 aliphatic heterocycles. The fourth-order valence-corrected chi connectivity index (χ4v) is 2.00. The minimum atomic E-state index is 0.583. The first kappa shape index (κ1) is 12.4. The predicted molar refractivity (Wildman–Crippen MR) is 67.5 cm³/mol. The van der Waals surface area contributed by atoms with Crippen molar-refractivity contribution in [3.63, 3.8) is 0 Å². The van der Waals surface area contributed by atoms with Gasteiger partial charge in [-0.1, -0.05) is 26.0 Å². The number of nitrogens with one attached hydrogen (secondary N) is 1. The Bertz CT molecular complexity index is 302. The van der Waals surface area contributed by atoms with E-state index >= 15 is 0 Å². The number of aromatic nitrogens is 1. The molecule has 2 nitrogen and oxygen atoms in total. The molecule has 0 aliphatic carbocycles. The van der Waals surface area contributed by atoms with E-state index in [9.17, 15) is 0 Å². The number of hydrogen-bond donors (Lipinski definition) is 1. The van der Waals surface area contributed by atoms with E-state index in [0.717, 1.165) is 25.1 Å². The van der Waals surface area contributed by atoms with Crippen LogP contribution in [0.25, 0.3) is 0 Å². The van der Waals surface area contributed by atoms with Gasteiger partial charge in [0.2, 0.25) is 0 Å². The zero-order valence-corrected chi connectivity index (χ0v) is 10.6. The van der Waals surface area contributed by atoms with E-state index in [4.69, 9.17) is 0 Å². The number of thiazole rings is 1. The van der Waals surface area contributed by atoms with E-state index in [-0.39, 0.29) is 0 Å². The number of rotatable bonds is 6. The van der Waals surface area contributed by atoms with Gasteiger partial charge in [-0.3, -0.25) is 0 Å². The normalized spacial score (nSPS) is 11.7. The number of hydrogen-bond acceptors (Lipinski definition) is 3. The Morgan fingerprint density at radius 2 is 2.27 bits per heavy atom. The Morgan fingerprint density at radius 1 is 1.47 bits per heavy atom. The fourth-order valence-electron chi connectivity index (χ4n) is 1.25. The van der Waals surface area contributed by atoms with Gasteiger partial charge in [-0.05, 0) is 19.9 Å². The first-order chi connectivity index (χ1) is 7.18. The molecule has 0 amide bonds. The third kappa shape index (κ3) is 5.70. The van der Waals surface area contributed by atoms with E-state index in [2.05, 4.69) is 41.7 Å². The third-order valence-electron chi connectivity index (χ3n) is 1.99. The third-order valence-corrected chi connectivity index (χ3v) is 2.98. The second kappa shape index (κ2) is 6.75. The lowest BCUT2D eigenvalue weighted by Gasteiger charge is -2.04. The monoisotopic (exact) mass is 224 g/mol. The molecule has 1 heterocycles. The molecule has 15 heavy (non-hydrogen) atoms. The van der Waals surface area contributed by atoms with Crippen molar-refractivity contribution in [3.05, 3.63) is 28.2 Å². The smallest absolute Gasteiger partial charge is 0.0965 e. The Labute approximate surface area is 96.4 Å². The van der Waals surface area contributed by atoms with E-state index < -0.39 is 0 Å². The van der Waals surface area contributed by atoms with Crippen LogP contribution in [-0.4, -0.2) is 17.6 Å². The maximum absolute atomic E-state index is 4.41. The van der Waals surface area contributed by atoms with Crippen molar-refractivity contribution >= 4 is 11.3 Å². The zero-order chi connectivity index (χ0) is 11.1. The van der Waals surface area contributed by atoms with Crippen LogP contribution in [0, 0.1) is 6.92 Å². The molecule has 1 aromatic heterocycles. The van der Waals surface area contributed by atoms with Gasteiger partial charge in [0, 0.05) is 23.5 Å². The maximum Gasteiger partial charge on any atom is 0.0965 e. The minimum absolute atomic E-state index is 0.583. The van der Waals surface area contributed by atoms with Crippen molar-refractivity contribution in [2.45, 2.75) is 39.7 Å². The fraction of sp³-hybridized carbons (Fsp3) is 0.583. The zero-order valence-electron chi connectivity index (χ0n) is 9.79. The first-order valence-corrected chi connectivity index (χ1v) is 6.36. The quantitative estimate of drug-likeness (QED) is 0.593. The van der Waals surface area contributed by atoms with Crippen LogP contribution in [0.5, 0.6) is 0 Å². The molecule has 1 N–H and O–H groups in total. The van der Waals surface area contributed by atoms with Crippen molar-refractivity contribution in [2.24, 2.45) is 0 Å². The SMILES string of the molecule is Cc1csc(CC=CCCNC(C)C)n1. The molecule has 0 spiro atoms. The highest BCUT2D eigenvalue weighted by atomic mass is 32.1. The van der Waals surface area contributed by atoms with Gasteiger partial charge >= 0.3 is 0 Å². The van der Waals surface area contributed by atoms with Crippen molar-refractivity contribution in [2.75, 3.05) is 6.54 Å². The van der Waals surface area contributed by atoms with E-state index in [1.807, 2.05) is 6.92 Å². The molecule has 0 fully saturated rings. The second-order valence-electron chi connectivity index (χ2n) is 3.96. The van der Waals surface area contributed by atoms with Crippen LogP contribution in [0.2, 0.25) is 0 Å². The van der Waals surface area contributed by atoms with Crippen molar-refractivity contribution < 1.29 is 0 Å². The van der Waals surface area contributed by atoms with Crippen LogP contribution >= 0.6 is 11.3 Å². The summed E-state index contributed by atoms with van der Waals surface area (Å²) in [7, 11) is 0. The van der Waals surface area contributed by atoms with E-state index in [1.54, 1.807) is 11.3 Å². The Kier molecular flexibility index (Phi) is 5.58. The van der Waals surface area contributed by atoms with Crippen LogP contribution in [-0.2, 0) is 6.42 Å². The van der Waals surface area contributed by atoms with Crippen LogP contribution < -0.4 is 5.32 Å². The van der Waals surface area contributed by atoms with Crippen molar-refractivity contribution in [1.82, 2.24) is 10.3 Å². The highest BCUT2D eigenvalue weighted by molar-refractivity contribution is 7.09. The molecule has 0 radical (unpaired) electrons. The summed E-state index contributed by atoms with van der Waals surface area (Å²) in [6.45, 7) is 7.44. The molecule has 84 valence electrons. The molecule has 3 heteroatoms. The van der Waals surface area contributed by atoms with Gasteiger partial charge in [0.15, 0.2) is 0 Å². The molecular weight excluding hydrogens is 204 g/mol. The van der Waals surface area contributed by atoms with Crippen molar-refractivity contribution in [1.29, 1.82) is 0 Å². The van der Waals surface area contributed by atoms with Gasteiger partial charge in [0.1, 0.15) is 0 Å². The average molecular weight is 224 g/mol. The molecule has 0 unspecified atom stereocenters.